The van der Waals surface area contributed by atoms with Gasteiger partial charge in [-0.05, 0) is 48.4 Å². The van der Waals surface area contributed by atoms with Crippen LogP contribution in [0, 0.1) is 11.3 Å². The van der Waals surface area contributed by atoms with Gasteiger partial charge in [-0.25, -0.2) is 0 Å². The van der Waals surface area contributed by atoms with Crippen LogP contribution in [0.1, 0.15) is 12.5 Å². The fourth-order valence-electron chi connectivity index (χ4n) is 3.35. The summed E-state index contributed by atoms with van der Waals surface area (Å²) in [5.74, 6) is 0.619. The number of hydrogen-bond donors (Lipinski definition) is 0. The van der Waals surface area contributed by atoms with E-state index in [1.165, 1.54) is 0 Å². The predicted octanol–water partition coefficient (Wildman–Crippen LogP) is 3.90. The molecule has 1 heterocycles. The second kappa shape index (κ2) is 9.61. The van der Waals surface area contributed by atoms with E-state index in [0.717, 1.165) is 35.7 Å². The molecular weight excluding hydrogens is 362 g/mol. The van der Waals surface area contributed by atoms with Gasteiger partial charge in [-0.3, -0.25) is 4.79 Å². The summed E-state index contributed by atoms with van der Waals surface area (Å²) in [6.07, 6.45) is 3.64. The molecule has 0 N–H and O–H groups in total. The number of benzene rings is 2. The SMILES string of the molecule is COc1ccc(N2CCN(C(=O)/C(C#N)=C/C(C)=C/c3ccccc3)CC2)cc1. The highest BCUT2D eigenvalue weighted by atomic mass is 16.5. The molecule has 0 spiro atoms. The topological polar surface area (TPSA) is 56.6 Å². The lowest BCUT2D eigenvalue weighted by molar-refractivity contribution is -0.127. The molecule has 0 aliphatic carbocycles. The molecule has 1 saturated heterocycles. The van der Waals surface area contributed by atoms with Crippen LogP contribution in [-0.4, -0.2) is 44.1 Å². The van der Waals surface area contributed by atoms with Gasteiger partial charge in [0.2, 0.25) is 0 Å². The minimum Gasteiger partial charge on any atom is -0.497 e. The Morgan fingerprint density at radius 2 is 1.69 bits per heavy atom. The predicted molar refractivity (Wildman–Crippen MR) is 116 cm³/mol. The minimum atomic E-state index is -0.206. The molecule has 1 aliphatic heterocycles. The Kier molecular flexibility index (Phi) is 6.70. The average molecular weight is 387 g/mol. The molecule has 5 nitrogen and oxygen atoms in total. The first-order valence-electron chi connectivity index (χ1n) is 9.64. The summed E-state index contributed by atoms with van der Waals surface area (Å²) in [6, 6.07) is 19.8. The zero-order valence-corrected chi connectivity index (χ0v) is 16.8. The van der Waals surface area contributed by atoms with E-state index in [1.807, 2.05) is 67.6 Å². The lowest BCUT2D eigenvalue weighted by Gasteiger charge is -2.36. The Morgan fingerprint density at radius 1 is 1.03 bits per heavy atom. The third-order valence-electron chi connectivity index (χ3n) is 4.92. The van der Waals surface area contributed by atoms with Gasteiger partial charge in [0.05, 0.1) is 7.11 Å². The normalized spacial score (nSPS) is 15.1. The standard InChI is InChI=1S/C24H25N3O2/c1-19(16-20-6-4-3-5-7-20)17-21(18-25)24(28)27-14-12-26(13-15-27)22-8-10-23(29-2)11-9-22/h3-11,16-17H,12-15H2,1-2H3/b19-16+,21-17+. The second-order valence-electron chi connectivity index (χ2n) is 6.95. The van der Waals surface area contributed by atoms with E-state index in [4.69, 9.17) is 4.74 Å². The van der Waals surface area contributed by atoms with Gasteiger partial charge >= 0.3 is 0 Å². The fraction of sp³-hybridized carbons (Fsp3) is 0.250. The summed E-state index contributed by atoms with van der Waals surface area (Å²) in [4.78, 5) is 16.8. The van der Waals surface area contributed by atoms with E-state index in [9.17, 15) is 10.1 Å². The largest absolute Gasteiger partial charge is 0.497 e. The van der Waals surface area contributed by atoms with E-state index < -0.39 is 0 Å². The number of carbonyl (C=O) groups is 1. The van der Waals surface area contributed by atoms with Gasteiger partial charge in [0, 0.05) is 31.9 Å². The molecule has 29 heavy (non-hydrogen) atoms. The molecule has 2 aromatic carbocycles. The van der Waals surface area contributed by atoms with Crippen LogP contribution < -0.4 is 9.64 Å². The van der Waals surface area contributed by atoms with E-state index in [0.29, 0.717) is 13.1 Å². The van der Waals surface area contributed by atoms with Gasteiger partial charge in [0.1, 0.15) is 17.4 Å². The van der Waals surface area contributed by atoms with Crippen LogP contribution in [0.4, 0.5) is 5.69 Å². The van der Waals surface area contributed by atoms with E-state index in [-0.39, 0.29) is 11.5 Å². The zero-order valence-electron chi connectivity index (χ0n) is 16.8. The zero-order chi connectivity index (χ0) is 20.6. The maximum atomic E-state index is 12.8. The number of hydrogen-bond acceptors (Lipinski definition) is 4. The number of piperazine rings is 1. The van der Waals surface area contributed by atoms with Gasteiger partial charge in [0.15, 0.2) is 0 Å². The number of allylic oxidation sites excluding steroid dienone is 2. The summed E-state index contributed by atoms with van der Waals surface area (Å²) in [6.45, 7) is 4.54. The molecular formula is C24H25N3O2. The van der Waals surface area contributed by atoms with Crippen LogP contribution in [0.3, 0.4) is 0 Å². The first-order chi connectivity index (χ1) is 14.1. The van der Waals surface area contributed by atoms with E-state index in [1.54, 1.807) is 18.1 Å². The van der Waals surface area contributed by atoms with Crippen molar-refractivity contribution in [1.82, 2.24) is 4.90 Å². The molecule has 0 aromatic heterocycles. The molecule has 3 rings (SSSR count). The molecule has 1 amide bonds. The van der Waals surface area contributed by atoms with Gasteiger partial charge < -0.3 is 14.5 Å². The summed E-state index contributed by atoms with van der Waals surface area (Å²) < 4.78 is 5.20. The number of methoxy groups -OCH3 is 1. The van der Waals surface area contributed by atoms with Crippen LogP contribution >= 0.6 is 0 Å². The van der Waals surface area contributed by atoms with Crippen molar-refractivity contribution in [2.75, 3.05) is 38.2 Å². The number of nitriles is 1. The third kappa shape index (κ3) is 5.26. The van der Waals surface area contributed by atoms with E-state index in [2.05, 4.69) is 11.0 Å². The first-order valence-corrected chi connectivity index (χ1v) is 9.64. The Bertz CT molecular complexity index is 932. The number of nitrogens with zero attached hydrogens (tertiary/aromatic N) is 3. The molecule has 148 valence electrons. The van der Waals surface area contributed by atoms with Gasteiger partial charge in [-0.2, -0.15) is 5.26 Å². The van der Waals surface area contributed by atoms with Crippen molar-refractivity contribution >= 4 is 17.7 Å². The fourth-order valence-corrected chi connectivity index (χ4v) is 3.35. The third-order valence-corrected chi connectivity index (χ3v) is 4.92. The highest BCUT2D eigenvalue weighted by Gasteiger charge is 2.23. The van der Waals surface area contributed by atoms with Crippen LogP contribution in [0.15, 0.2) is 71.8 Å². The summed E-state index contributed by atoms with van der Waals surface area (Å²) in [5.41, 5.74) is 3.19. The quantitative estimate of drug-likeness (QED) is 0.444. The van der Waals surface area contributed by atoms with Gasteiger partial charge in [-0.1, -0.05) is 36.4 Å². The van der Waals surface area contributed by atoms with Gasteiger partial charge in [-0.15, -0.1) is 0 Å². The smallest absolute Gasteiger partial charge is 0.264 e. The lowest BCUT2D eigenvalue weighted by atomic mass is 10.1. The lowest BCUT2D eigenvalue weighted by Crippen LogP contribution is -2.49. The maximum Gasteiger partial charge on any atom is 0.264 e. The maximum absolute atomic E-state index is 12.8. The highest BCUT2D eigenvalue weighted by Crippen LogP contribution is 2.21. The number of carbonyl (C=O) groups excluding carboxylic acids is 1. The van der Waals surface area contributed by atoms with Crippen molar-refractivity contribution in [3.63, 3.8) is 0 Å². The molecule has 0 radical (unpaired) electrons. The van der Waals surface area contributed by atoms with Crippen molar-refractivity contribution < 1.29 is 9.53 Å². The summed E-state index contributed by atoms with van der Waals surface area (Å²) in [7, 11) is 1.65. The Morgan fingerprint density at radius 3 is 2.28 bits per heavy atom. The van der Waals surface area contributed by atoms with Crippen molar-refractivity contribution in [2.45, 2.75) is 6.92 Å². The highest BCUT2D eigenvalue weighted by molar-refractivity contribution is 5.98. The van der Waals surface area contributed by atoms with Crippen molar-refractivity contribution in [1.29, 1.82) is 5.26 Å². The molecule has 5 heteroatoms. The van der Waals surface area contributed by atoms with Crippen LogP contribution in [0.5, 0.6) is 5.75 Å². The van der Waals surface area contributed by atoms with Crippen molar-refractivity contribution in [3.05, 3.63) is 77.4 Å². The van der Waals surface area contributed by atoms with Crippen LogP contribution in [0.2, 0.25) is 0 Å². The molecule has 0 unspecified atom stereocenters. The van der Waals surface area contributed by atoms with E-state index >= 15 is 0 Å². The summed E-state index contributed by atoms with van der Waals surface area (Å²) >= 11 is 0. The Balaban J connectivity index is 1.63. The monoisotopic (exact) mass is 387 g/mol. The number of rotatable bonds is 5. The Hall–Kier alpha value is -3.52. The Labute approximate surface area is 172 Å². The number of amides is 1. The van der Waals surface area contributed by atoms with Crippen molar-refractivity contribution in [2.24, 2.45) is 0 Å². The minimum absolute atomic E-state index is 0.174. The molecule has 0 saturated carbocycles. The summed E-state index contributed by atoms with van der Waals surface area (Å²) in [5, 5.41) is 9.51. The number of ether oxygens (including phenoxy) is 1. The van der Waals surface area contributed by atoms with Crippen LogP contribution in [0.25, 0.3) is 6.08 Å². The molecule has 1 aliphatic rings. The van der Waals surface area contributed by atoms with Gasteiger partial charge in [0.25, 0.3) is 5.91 Å². The molecule has 2 aromatic rings. The molecule has 0 bridgehead atoms. The first kappa shape index (κ1) is 20.2. The molecule has 1 fully saturated rings. The molecule has 0 atom stereocenters. The number of anilines is 1. The second-order valence-corrected chi connectivity index (χ2v) is 6.95. The van der Waals surface area contributed by atoms with Crippen LogP contribution in [-0.2, 0) is 4.79 Å². The van der Waals surface area contributed by atoms with Crippen molar-refractivity contribution in [3.8, 4) is 11.8 Å². The average Bonchev–Trinajstić information content (AvgIpc) is 2.78.